The van der Waals surface area contributed by atoms with Gasteiger partial charge in [-0.15, -0.1) is 0 Å². The van der Waals surface area contributed by atoms with Crippen molar-refractivity contribution >= 4 is 17.7 Å². The molecule has 0 atom stereocenters. The third-order valence-electron chi connectivity index (χ3n) is 5.31. The molecule has 1 aliphatic rings. The lowest BCUT2D eigenvalue weighted by atomic mass is 10.2. The summed E-state index contributed by atoms with van der Waals surface area (Å²) in [7, 11) is 3.29. The zero-order valence-electron chi connectivity index (χ0n) is 18.7. The van der Waals surface area contributed by atoms with E-state index in [-0.39, 0.29) is 5.91 Å². The predicted octanol–water partition coefficient (Wildman–Crippen LogP) is 4.24. The largest absolute Gasteiger partial charge is 0.497 e. The molecule has 31 heavy (non-hydrogen) atoms. The van der Waals surface area contributed by atoms with Gasteiger partial charge in [-0.3, -0.25) is 4.79 Å². The van der Waals surface area contributed by atoms with E-state index in [0.717, 1.165) is 55.2 Å². The molecule has 0 aromatic heterocycles. The summed E-state index contributed by atoms with van der Waals surface area (Å²) in [5.41, 5.74) is 2.06. The van der Waals surface area contributed by atoms with Gasteiger partial charge in [-0.05, 0) is 60.9 Å². The van der Waals surface area contributed by atoms with Crippen LogP contribution < -0.4 is 19.1 Å². The van der Waals surface area contributed by atoms with Crippen LogP contribution in [0.1, 0.15) is 25.3 Å². The second-order valence-electron chi connectivity index (χ2n) is 7.46. The Morgan fingerprint density at radius 3 is 2.48 bits per heavy atom. The Hall–Kier alpha value is -3.15. The van der Waals surface area contributed by atoms with Crippen LogP contribution in [0.15, 0.2) is 48.5 Å². The van der Waals surface area contributed by atoms with Gasteiger partial charge in [-0.1, -0.05) is 13.0 Å². The smallest absolute Gasteiger partial charge is 0.246 e. The number of benzene rings is 2. The number of hydrogen-bond donors (Lipinski definition) is 0. The standard InChI is InChI=1S/C25H32N2O4/c1-4-18-31-23-12-6-20(19-24(23)30-3)7-13-25(28)27-15-5-14-26(16-17-27)21-8-10-22(29-2)11-9-21/h6-13,19H,4-5,14-18H2,1-3H3/b13-7+. The van der Waals surface area contributed by atoms with Crippen LogP contribution in [0, 0.1) is 0 Å². The maximum Gasteiger partial charge on any atom is 0.246 e. The van der Waals surface area contributed by atoms with Gasteiger partial charge >= 0.3 is 0 Å². The molecule has 0 bridgehead atoms. The van der Waals surface area contributed by atoms with Crippen LogP contribution in [-0.2, 0) is 4.79 Å². The van der Waals surface area contributed by atoms with Crippen molar-refractivity contribution in [3.8, 4) is 17.2 Å². The van der Waals surface area contributed by atoms with Gasteiger partial charge in [0, 0.05) is 37.9 Å². The summed E-state index contributed by atoms with van der Waals surface area (Å²) in [5, 5.41) is 0. The zero-order valence-corrected chi connectivity index (χ0v) is 18.7. The fourth-order valence-electron chi connectivity index (χ4n) is 3.58. The lowest BCUT2D eigenvalue weighted by Crippen LogP contribution is -2.34. The molecule has 1 heterocycles. The maximum atomic E-state index is 12.8. The van der Waals surface area contributed by atoms with E-state index in [4.69, 9.17) is 14.2 Å². The summed E-state index contributed by atoms with van der Waals surface area (Å²) in [5.74, 6) is 2.27. The molecule has 166 valence electrons. The monoisotopic (exact) mass is 424 g/mol. The van der Waals surface area contributed by atoms with E-state index >= 15 is 0 Å². The third-order valence-corrected chi connectivity index (χ3v) is 5.31. The maximum absolute atomic E-state index is 12.8. The van der Waals surface area contributed by atoms with Gasteiger partial charge in [-0.25, -0.2) is 0 Å². The molecule has 1 fully saturated rings. The number of hydrogen-bond acceptors (Lipinski definition) is 5. The number of carbonyl (C=O) groups excluding carboxylic acids is 1. The van der Waals surface area contributed by atoms with Crippen molar-refractivity contribution in [1.29, 1.82) is 0 Å². The van der Waals surface area contributed by atoms with Crippen LogP contribution in [0.2, 0.25) is 0 Å². The molecule has 0 N–H and O–H groups in total. The first-order chi connectivity index (χ1) is 15.1. The highest BCUT2D eigenvalue weighted by Crippen LogP contribution is 2.28. The molecule has 3 rings (SSSR count). The Bertz CT molecular complexity index is 880. The minimum absolute atomic E-state index is 0.0295. The molecule has 2 aromatic carbocycles. The molecule has 1 aliphatic heterocycles. The number of rotatable bonds is 8. The van der Waals surface area contributed by atoms with E-state index in [1.807, 2.05) is 41.3 Å². The minimum Gasteiger partial charge on any atom is -0.497 e. The lowest BCUT2D eigenvalue weighted by Gasteiger charge is -2.23. The predicted molar refractivity (Wildman–Crippen MR) is 124 cm³/mol. The van der Waals surface area contributed by atoms with Crippen molar-refractivity contribution in [2.75, 3.05) is 51.9 Å². The number of carbonyl (C=O) groups is 1. The van der Waals surface area contributed by atoms with Crippen molar-refractivity contribution in [3.05, 3.63) is 54.1 Å². The third kappa shape index (κ3) is 6.17. The highest BCUT2D eigenvalue weighted by molar-refractivity contribution is 5.92. The molecule has 1 saturated heterocycles. The molecule has 6 heteroatoms. The van der Waals surface area contributed by atoms with Crippen LogP contribution >= 0.6 is 0 Å². The van der Waals surface area contributed by atoms with Crippen LogP contribution in [-0.4, -0.2) is 57.8 Å². The summed E-state index contributed by atoms with van der Waals surface area (Å²) in [4.78, 5) is 17.0. The summed E-state index contributed by atoms with van der Waals surface area (Å²) in [6, 6.07) is 13.8. The number of ether oxygens (including phenoxy) is 3. The van der Waals surface area contributed by atoms with Gasteiger partial charge < -0.3 is 24.0 Å². The first kappa shape index (κ1) is 22.5. The van der Waals surface area contributed by atoms with Crippen molar-refractivity contribution in [3.63, 3.8) is 0 Å². The lowest BCUT2D eigenvalue weighted by molar-refractivity contribution is -0.125. The van der Waals surface area contributed by atoms with E-state index in [1.165, 1.54) is 0 Å². The van der Waals surface area contributed by atoms with E-state index in [1.54, 1.807) is 20.3 Å². The van der Waals surface area contributed by atoms with Crippen LogP contribution in [0.4, 0.5) is 5.69 Å². The van der Waals surface area contributed by atoms with Crippen LogP contribution in [0.25, 0.3) is 6.08 Å². The van der Waals surface area contributed by atoms with Crippen molar-refractivity contribution in [1.82, 2.24) is 4.90 Å². The first-order valence-corrected chi connectivity index (χ1v) is 10.8. The Labute approximate surface area is 185 Å². The molecular weight excluding hydrogens is 392 g/mol. The van der Waals surface area contributed by atoms with E-state index in [0.29, 0.717) is 18.9 Å². The van der Waals surface area contributed by atoms with Gasteiger partial charge in [0.25, 0.3) is 0 Å². The van der Waals surface area contributed by atoms with E-state index in [9.17, 15) is 4.79 Å². The number of nitrogens with zero attached hydrogens (tertiary/aromatic N) is 2. The molecule has 1 amide bonds. The number of amides is 1. The topological polar surface area (TPSA) is 51.2 Å². The summed E-state index contributed by atoms with van der Waals surface area (Å²) < 4.78 is 16.4. The van der Waals surface area contributed by atoms with Gasteiger partial charge in [0.1, 0.15) is 5.75 Å². The summed E-state index contributed by atoms with van der Waals surface area (Å²) in [6.45, 7) is 5.89. The van der Waals surface area contributed by atoms with Crippen molar-refractivity contribution in [2.45, 2.75) is 19.8 Å². The van der Waals surface area contributed by atoms with Crippen LogP contribution in [0.5, 0.6) is 17.2 Å². The average Bonchev–Trinajstić information content (AvgIpc) is 3.08. The quantitative estimate of drug-likeness (QED) is 0.593. The molecule has 0 radical (unpaired) electrons. The molecule has 0 aliphatic carbocycles. The molecular formula is C25H32N2O4. The minimum atomic E-state index is 0.0295. The molecule has 6 nitrogen and oxygen atoms in total. The first-order valence-electron chi connectivity index (χ1n) is 10.8. The summed E-state index contributed by atoms with van der Waals surface area (Å²) >= 11 is 0. The Morgan fingerprint density at radius 1 is 0.968 bits per heavy atom. The summed E-state index contributed by atoms with van der Waals surface area (Å²) in [6.07, 6.45) is 5.35. The Morgan fingerprint density at radius 2 is 1.77 bits per heavy atom. The SMILES string of the molecule is CCCOc1ccc(/C=C/C(=O)N2CCCN(c3ccc(OC)cc3)CC2)cc1OC. The Balaban J connectivity index is 1.59. The van der Waals surface area contributed by atoms with Gasteiger partial charge in [0.15, 0.2) is 11.5 Å². The fraction of sp³-hybridized carbons (Fsp3) is 0.400. The molecule has 0 spiro atoms. The second-order valence-corrected chi connectivity index (χ2v) is 7.46. The fourth-order valence-corrected chi connectivity index (χ4v) is 3.58. The number of methoxy groups -OCH3 is 2. The van der Waals surface area contributed by atoms with Gasteiger partial charge in [0.05, 0.1) is 20.8 Å². The molecule has 0 saturated carbocycles. The van der Waals surface area contributed by atoms with E-state index < -0.39 is 0 Å². The normalized spacial score (nSPS) is 14.4. The number of anilines is 1. The molecule has 2 aromatic rings. The average molecular weight is 425 g/mol. The van der Waals surface area contributed by atoms with Gasteiger partial charge in [-0.2, -0.15) is 0 Å². The Kier molecular flexibility index (Phi) is 8.21. The van der Waals surface area contributed by atoms with Crippen molar-refractivity contribution in [2.24, 2.45) is 0 Å². The zero-order chi connectivity index (χ0) is 22.1. The van der Waals surface area contributed by atoms with E-state index in [2.05, 4.69) is 24.0 Å². The molecule has 0 unspecified atom stereocenters. The highest BCUT2D eigenvalue weighted by Gasteiger charge is 2.18. The highest BCUT2D eigenvalue weighted by atomic mass is 16.5. The second kappa shape index (κ2) is 11.3. The van der Waals surface area contributed by atoms with Crippen molar-refractivity contribution < 1.29 is 19.0 Å². The van der Waals surface area contributed by atoms with Crippen LogP contribution in [0.3, 0.4) is 0 Å². The van der Waals surface area contributed by atoms with Gasteiger partial charge in [0.2, 0.25) is 5.91 Å².